The molecule has 0 amide bonds. The molecule has 0 unspecified atom stereocenters. The third kappa shape index (κ3) is 3.38. The quantitative estimate of drug-likeness (QED) is 0.810. The second-order valence-electron chi connectivity index (χ2n) is 5.97. The molecule has 0 bridgehead atoms. The molecule has 0 radical (unpaired) electrons. The molecular formula is C14H22N4O. The average molecular weight is 262 g/mol. The number of oxazole rings is 1. The van der Waals surface area contributed by atoms with Crippen LogP contribution in [0.15, 0.2) is 22.6 Å². The summed E-state index contributed by atoms with van der Waals surface area (Å²) < 4.78 is 5.63. The van der Waals surface area contributed by atoms with Crippen molar-refractivity contribution in [2.24, 2.45) is 5.41 Å². The first-order valence-electron chi connectivity index (χ1n) is 6.41. The molecule has 1 aromatic carbocycles. The molecule has 2 rings (SSSR count). The second-order valence-corrected chi connectivity index (χ2v) is 5.97. The van der Waals surface area contributed by atoms with Gasteiger partial charge in [0.2, 0.25) is 0 Å². The fourth-order valence-corrected chi connectivity index (χ4v) is 2.27. The second kappa shape index (κ2) is 5.09. The normalized spacial score (nSPS) is 12.3. The summed E-state index contributed by atoms with van der Waals surface area (Å²) in [5.41, 5.74) is 8.07. The van der Waals surface area contributed by atoms with Crippen LogP contribution >= 0.6 is 0 Å². The zero-order chi connectivity index (χ0) is 14.0. The van der Waals surface area contributed by atoms with Crippen LogP contribution in [0.25, 0.3) is 11.1 Å². The van der Waals surface area contributed by atoms with Gasteiger partial charge >= 0.3 is 0 Å². The van der Waals surface area contributed by atoms with E-state index < -0.39 is 0 Å². The van der Waals surface area contributed by atoms with Gasteiger partial charge < -0.3 is 20.4 Å². The summed E-state index contributed by atoms with van der Waals surface area (Å²) >= 11 is 0. The lowest BCUT2D eigenvalue weighted by atomic mass is 9.93. The summed E-state index contributed by atoms with van der Waals surface area (Å²) in [6, 6.07) is 6.09. The van der Waals surface area contributed by atoms with Crippen molar-refractivity contribution in [1.29, 1.82) is 0 Å². The van der Waals surface area contributed by atoms with Gasteiger partial charge in [0.05, 0.1) is 5.69 Å². The number of anilines is 2. The van der Waals surface area contributed by atoms with Crippen LogP contribution < -0.4 is 11.1 Å². The summed E-state index contributed by atoms with van der Waals surface area (Å²) in [5, 5.41) is 3.25. The third-order valence-corrected chi connectivity index (χ3v) is 2.91. The maximum absolute atomic E-state index is 5.86. The molecule has 0 spiro atoms. The minimum absolute atomic E-state index is 0.135. The number of fused-ring (bicyclic) bond motifs is 1. The topological polar surface area (TPSA) is 67.3 Å². The zero-order valence-electron chi connectivity index (χ0n) is 12.0. The highest BCUT2D eigenvalue weighted by Crippen LogP contribution is 2.24. The minimum Gasteiger partial charge on any atom is -0.423 e. The maximum atomic E-state index is 5.86. The van der Waals surface area contributed by atoms with Gasteiger partial charge in [0.15, 0.2) is 5.58 Å². The molecule has 0 saturated carbocycles. The summed E-state index contributed by atoms with van der Waals surface area (Å²) in [4.78, 5) is 6.55. The lowest BCUT2D eigenvalue weighted by Crippen LogP contribution is -2.34. The van der Waals surface area contributed by atoms with Crippen LogP contribution in [0.2, 0.25) is 0 Å². The SMILES string of the molecule is CN(C)CC(C)(C)CNc1nc2c(N)cccc2o1. The Hall–Kier alpha value is -1.75. The van der Waals surface area contributed by atoms with Crippen molar-refractivity contribution in [2.75, 3.05) is 38.2 Å². The Morgan fingerprint density at radius 1 is 1.37 bits per heavy atom. The number of rotatable bonds is 5. The number of aromatic nitrogens is 1. The molecule has 5 nitrogen and oxygen atoms in total. The predicted molar refractivity (Wildman–Crippen MR) is 79.2 cm³/mol. The molecular weight excluding hydrogens is 240 g/mol. The first-order valence-corrected chi connectivity index (χ1v) is 6.41. The minimum atomic E-state index is 0.135. The van der Waals surface area contributed by atoms with Crippen LogP contribution in [0.4, 0.5) is 11.7 Å². The van der Waals surface area contributed by atoms with Gasteiger partial charge in [-0.15, -0.1) is 0 Å². The van der Waals surface area contributed by atoms with E-state index in [0.717, 1.165) is 18.6 Å². The van der Waals surface area contributed by atoms with Gasteiger partial charge in [-0.2, -0.15) is 4.98 Å². The van der Waals surface area contributed by atoms with Gasteiger partial charge in [0, 0.05) is 13.1 Å². The van der Waals surface area contributed by atoms with Crippen molar-refractivity contribution >= 4 is 22.8 Å². The lowest BCUT2D eigenvalue weighted by Gasteiger charge is -2.27. The molecule has 0 saturated heterocycles. The Bertz CT molecular complexity index is 560. The van der Waals surface area contributed by atoms with Crippen molar-refractivity contribution in [1.82, 2.24) is 9.88 Å². The van der Waals surface area contributed by atoms with E-state index in [1.807, 2.05) is 18.2 Å². The molecule has 2 aromatic rings. The van der Waals surface area contributed by atoms with Crippen LogP contribution in [0.1, 0.15) is 13.8 Å². The van der Waals surface area contributed by atoms with E-state index in [0.29, 0.717) is 17.3 Å². The van der Waals surface area contributed by atoms with Gasteiger partial charge in [-0.3, -0.25) is 0 Å². The number of benzene rings is 1. The predicted octanol–water partition coefficient (Wildman–Crippen LogP) is 2.41. The Kier molecular flexibility index (Phi) is 3.66. The Labute approximate surface area is 113 Å². The number of nitrogens with zero attached hydrogens (tertiary/aromatic N) is 2. The highest BCUT2D eigenvalue weighted by Gasteiger charge is 2.19. The third-order valence-electron chi connectivity index (χ3n) is 2.91. The van der Waals surface area contributed by atoms with Crippen molar-refractivity contribution in [3.8, 4) is 0 Å². The number of nitrogens with one attached hydrogen (secondary N) is 1. The highest BCUT2D eigenvalue weighted by molar-refractivity contribution is 5.86. The summed E-state index contributed by atoms with van der Waals surface area (Å²) in [6.45, 7) is 6.19. The molecule has 0 atom stereocenters. The van der Waals surface area contributed by atoms with Crippen LogP contribution in [-0.2, 0) is 0 Å². The molecule has 3 N–H and O–H groups in total. The van der Waals surface area contributed by atoms with Crippen molar-refractivity contribution < 1.29 is 4.42 Å². The van der Waals surface area contributed by atoms with Crippen LogP contribution in [0.5, 0.6) is 0 Å². The molecule has 0 aliphatic rings. The van der Waals surface area contributed by atoms with Crippen LogP contribution in [-0.4, -0.2) is 37.1 Å². The van der Waals surface area contributed by atoms with E-state index in [1.54, 1.807) is 0 Å². The average Bonchev–Trinajstić information content (AvgIpc) is 2.69. The number of nitrogen functional groups attached to an aromatic ring is 1. The number of nitrogens with two attached hydrogens (primary N) is 1. The fraction of sp³-hybridized carbons (Fsp3) is 0.500. The van der Waals surface area contributed by atoms with Gasteiger partial charge in [-0.1, -0.05) is 19.9 Å². The monoisotopic (exact) mass is 262 g/mol. The van der Waals surface area contributed by atoms with Crippen molar-refractivity contribution in [3.05, 3.63) is 18.2 Å². The van der Waals surface area contributed by atoms with E-state index in [9.17, 15) is 0 Å². The van der Waals surface area contributed by atoms with Gasteiger partial charge in [-0.25, -0.2) is 0 Å². The van der Waals surface area contributed by atoms with Crippen LogP contribution in [0, 0.1) is 5.41 Å². The molecule has 0 aliphatic heterocycles. The Balaban J connectivity index is 2.08. The standard InChI is InChI=1S/C14H22N4O/c1-14(2,9-18(3)4)8-16-13-17-12-10(15)6-5-7-11(12)19-13/h5-7H,8-9,15H2,1-4H3,(H,16,17). The van der Waals surface area contributed by atoms with E-state index >= 15 is 0 Å². The van der Waals surface area contributed by atoms with E-state index in [4.69, 9.17) is 10.2 Å². The Morgan fingerprint density at radius 2 is 2.11 bits per heavy atom. The molecule has 104 valence electrons. The molecule has 1 aromatic heterocycles. The Morgan fingerprint density at radius 3 is 2.74 bits per heavy atom. The largest absolute Gasteiger partial charge is 0.423 e. The molecule has 0 fully saturated rings. The van der Waals surface area contributed by atoms with E-state index in [1.165, 1.54) is 0 Å². The maximum Gasteiger partial charge on any atom is 0.295 e. The smallest absolute Gasteiger partial charge is 0.295 e. The van der Waals surface area contributed by atoms with E-state index in [-0.39, 0.29) is 5.41 Å². The molecule has 1 heterocycles. The lowest BCUT2D eigenvalue weighted by molar-refractivity contribution is 0.253. The highest BCUT2D eigenvalue weighted by atomic mass is 16.4. The zero-order valence-corrected chi connectivity index (χ0v) is 12.0. The van der Waals surface area contributed by atoms with Crippen molar-refractivity contribution in [3.63, 3.8) is 0 Å². The first kappa shape index (κ1) is 13.7. The molecule has 5 heteroatoms. The van der Waals surface area contributed by atoms with Gasteiger partial charge in [-0.05, 0) is 31.6 Å². The van der Waals surface area contributed by atoms with E-state index in [2.05, 4.69) is 43.1 Å². The summed E-state index contributed by atoms with van der Waals surface area (Å²) in [7, 11) is 4.14. The number of hydrogen-bond donors (Lipinski definition) is 2. The molecule has 19 heavy (non-hydrogen) atoms. The van der Waals surface area contributed by atoms with Gasteiger partial charge in [0.1, 0.15) is 5.52 Å². The summed E-state index contributed by atoms with van der Waals surface area (Å²) in [5.74, 6) is 0. The van der Waals surface area contributed by atoms with Crippen LogP contribution in [0.3, 0.4) is 0 Å². The number of para-hydroxylation sites is 1. The van der Waals surface area contributed by atoms with Crippen molar-refractivity contribution in [2.45, 2.75) is 13.8 Å². The molecule has 0 aliphatic carbocycles. The fourth-order valence-electron chi connectivity index (χ4n) is 2.27. The summed E-state index contributed by atoms with van der Waals surface area (Å²) in [6.07, 6.45) is 0. The van der Waals surface area contributed by atoms with Gasteiger partial charge in [0.25, 0.3) is 6.01 Å². The first-order chi connectivity index (χ1) is 8.87. The number of hydrogen-bond acceptors (Lipinski definition) is 5.